The van der Waals surface area contributed by atoms with Crippen molar-refractivity contribution >= 4 is 21.9 Å². The first-order valence-electron chi connectivity index (χ1n) is 5.08. The first-order chi connectivity index (χ1) is 7.58. The molecule has 0 aliphatic rings. The number of rotatable bonds is 4. The summed E-state index contributed by atoms with van der Waals surface area (Å²) in [6.45, 7) is 3.92. The van der Waals surface area contributed by atoms with Gasteiger partial charge in [-0.05, 0) is 42.7 Å². The second-order valence-electron chi connectivity index (χ2n) is 3.48. The summed E-state index contributed by atoms with van der Waals surface area (Å²) < 4.78 is 18.0. The lowest BCUT2D eigenvalue weighted by atomic mass is 10.00. The van der Waals surface area contributed by atoms with Gasteiger partial charge in [0, 0.05) is 5.33 Å². The maximum atomic E-state index is 13.1. The first kappa shape index (κ1) is 13.2. The van der Waals surface area contributed by atoms with Gasteiger partial charge in [-0.15, -0.1) is 0 Å². The van der Waals surface area contributed by atoms with Crippen LogP contribution >= 0.6 is 15.9 Å². The number of ether oxygens (including phenoxy) is 1. The Morgan fingerprint density at radius 3 is 2.75 bits per heavy atom. The second-order valence-corrected chi connectivity index (χ2v) is 4.04. The highest BCUT2D eigenvalue weighted by molar-refractivity contribution is 9.08. The van der Waals surface area contributed by atoms with Crippen LogP contribution in [0.1, 0.15) is 23.6 Å². The molecule has 1 aromatic rings. The van der Waals surface area contributed by atoms with Gasteiger partial charge in [0.05, 0.1) is 13.0 Å². The molecule has 2 nitrogen and oxygen atoms in total. The van der Waals surface area contributed by atoms with Crippen LogP contribution in [0, 0.1) is 12.7 Å². The molecule has 0 heterocycles. The van der Waals surface area contributed by atoms with Gasteiger partial charge in [0.1, 0.15) is 5.82 Å². The quantitative estimate of drug-likeness (QED) is 0.629. The van der Waals surface area contributed by atoms with Crippen LogP contribution in [0.4, 0.5) is 4.39 Å². The molecular weight excluding hydrogens is 275 g/mol. The van der Waals surface area contributed by atoms with Crippen LogP contribution < -0.4 is 0 Å². The number of hydrogen-bond donors (Lipinski definition) is 0. The Morgan fingerprint density at radius 1 is 1.50 bits per heavy atom. The van der Waals surface area contributed by atoms with Gasteiger partial charge in [-0.3, -0.25) is 4.79 Å². The minimum Gasteiger partial charge on any atom is -0.466 e. The van der Waals surface area contributed by atoms with Gasteiger partial charge in [-0.1, -0.05) is 15.9 Å². The van der Waals surface area contributed by atoms with Crippen LogP contribution in [-0.4, -0.2) is 12.6 Å². The molecule has 0 N–H and O–H groups in total. The smallest absolute Gasteiger partial charge is 0.310 e. The molecule has 0 aliphatic heterocycles. The van der Waals surface area contributed by atoms with Crippen LogP contribution in [0.25, 0.3) is 0 Å². The van der Waals surface area contributed by atoms with Crippen molar-refractivity contribution in [1.82, 2.24) is 0 Å². The average Bonchev–Trinajstić information content (AvgIpc) is 2.22. The molecule has 0 spiro atoms. The van der Waals surface area contributed by atoms with Gasteiger partial charge in [0.15, 0.2) is 0 Å². The summed E-state index contributed by atoms with van der Waals surface area (Å²) in [5.41, 5.74) is 2.42. The van der Waals surface area contributed by atoms with Gasteiger partial charge in [0.25, 0.3) is 0 Å². The maximum absolute atomic E-state index is 13.1. The van der Waals surface area contributed by atoms with E-state index >= 15 is 0 Å². The highest BCUT2D eigenvalue weighted by atomic mass is 79.9. The van der Waals surface area contributed by atoms with Crippen molar-refractivity contribution in [3.8, 4) is 0 Å². The van der Waals surface area contributed by atoms with Crippen LogP contribution in [0.2, 0.25) is 0 Å². The monoisotopic (exact) mass is 288 g/mol. The van der Waals surface area contributed by atoms with Crippen LogP contribution in [0.15, 0.2) is 12.1 Å². The SMILES string of the molecule is CCOC(=O)Cc1c(C)cc(F)cc1CBr. The normalized spacial score (nSPS) is 10.2. The van der Waals surface area contributed by atoms with Crippen molar-refractivity contribution in [2.45, 2.75) is 25.6 Å². The van der Waals surface area contributed by atoms with Crippen LogP contribution in [0.5, 0.6) is 0 Å². The molecule has 88 valence electrons. The third-order valence-electron chi connectivity index (χ3n) is 2.30. The lowest BCUT2D eigenvalue weighted by Crippen LogP contribution is -2.10. The maximum Gasteiger partial charge on any atom is 0.310 e. The van der Waals surface area contributed by atoms with Crippen molar-refractivity contribution in [1.29, 1.82) is 0 Å². The molecule has 0 saturated carbocycles. The Hall–Kier alpha value is -0.900. The number of hydrogen-bond acceptors (Lipinski definition) is 2. The minimum atomic E-state index is -0.278. The van der Waals surface area contributed by atoms with E-state index in [1.807, 2.05) is 0 Å². The van der Waals surface area contributed by atoms with Crippen molar-refractivity contribution in [2.24, 2.45) is 0 Å². The number of alkyl halides is 1. The molecule has 0 amide bonds. The fourth-order valence-electron chi connectivity index (χ4n) is 1.57. The van der Waals surface area contributed by atoms with Gasteiger partial charge >= 0.3 is 5.97 Å². The fraction of sp³-hybridized carbons (Fsp3) is 0.417. The Balaban J connectivity index is 2.98. The van der Waals surface area contributed by atoms with Gasteiger partial charge in [0.2, 0.25) is 0 Å². The summed E-state index contributed by atoms with van der Waals surface area (Å²) in [5, 5.41) is 0.528. The highest BCUT2D eigenvalue weighted by Gasteiger charge is 2.12. The van der Waals surface area contributed by atoms with Crippen LogP contribution in [-0.2, 0) is 21.3 Å². The van der Waals surface area contributed by atoms with Gasteiger partial charge < -0.3 is 4.74 Å². The minimum absolute atomic E-state index is 0.195. The molecule has 0 radical (unpaired) electrons. The van der Waals surface area contributed by atoms with Crippen molar-refractivity contribution < 1.29 is 13.9 Å². The molecule has 0 unspecified atom stereocenters. The number of halogens is 2. The molecule has 0 atom stereocenters. The van der Waals surface area contributed by atoms with E-state index in [1.54, 1.807) is 13.8 Å². The molecule has 0 saturated heterocycles. The second kappa shape index (κ2) is 5.99. The van der Waals surface area contributed by atoms with E-state index in [2.05, 4.69) is 15.9 Å². The molecule has 1 aromatic carbocycles. The Labute approximate surface area is 103 Å². The molecule has 4 heteroatoms. The Morgan fingerprint density at radius 2 is 2.19 bits per heavy atom. The zero-order valence-electron chi connectivity index (χ0n) is 9.35. The number of benzene rings is 1. The summed E-state index contributed by atoms with van der Waals surface area (Å²) in [4.78, 5) is 11.4. The van der Waals surface area contributed by atoms with Crippen molar-refractivity contribution in [3.05, 3.63) is 34.6 Å². The number of carbonyl (C=O) groups is 1. The average molecular weight is 289 g/mol. The summed E-state index contributed by atoms with van der Waals surface area (Å²) in [6, 6.07) is 2.87. The molecule has 0 fully saturated rings. The fourth-order valence-corrected chi connectivity index (χ4v) is 2.07. The zero-order chi connectivity index (χ0) is 12.1. The van der Waals surface area contributed by atoms with Gasteiger partial charge in [-0.25, -0.2) is 4.39 Å². The summed E-state index contributed by atoms with van der Waals surface area (Å²) in [6.07, 6.45) is 0.195. The predicted octanol–water partition coefficient (Wildman–Crippen LogP) is 3.13. The molecule has 0 aliphatic carbocycles. The Bertz CT molecular complexity index is 391. The Kier molecular flexibility index (Phi) is 4.93. The summed E-state index contributed by atoms with van der Waals surface area (Å²) >= 11 is 3.29. The third-order valence-corrected chi connectivity index (χ3v) is 2.90. The van der Waals surface area contributed by atoms with E-state index in [0.717, 1.165) is 16.7 Å². The lowest BCUT2D eigenvalue weighted by molar-refractivity contribution is -0.142. The zero-order valence-corrected chi connectivity index (χ0v) is 10.9. The summed E-state index contributed by atoms with van der Waals surface area (Å²) in [7, 11) is 0. The largest absolute Gasteiger partial charge is 0.466 e. The van der Waals surface area contributed by atoms with E-state index in [-0.39, 0.29) is 18.2 Å². The van der Waals surface area contributed by atoms with Gasteiger partial charge in [-0.2, -0.15) is 0 Å². The molecule has 0 bridgehead atoms. The number of carbonyl (C=O) groups excluding carboxylic acids is 1. The first-order valence-corrected chi connectivity index (χ1v) is 6.20. The third kappa shape index (κ3) is 3.30. The number of esters is 1. The van der Waals surface area contributed by atoms with Crippen LogP contribution in [0.3, 0.4) is 0 Å². The highest BCUT2D eigenvalue weighted by Crippen LogP contribution is 2.20. The van der Waals surface area contributed by atoms with E-state index in [9.17, 15) is 9.18 Å². The topological polar surface area (TPSA) is 26.3 Å². The lowest BCUT2D eigenvalue weighted by Gasteiger charge is -2.10. The van der Waals surface area contributed by atoms with Crippen molar-refractivity contribution in [2.75, 3.05) is 6.61 Å². The van der Waals surface area contributed by atoms with E-state index in [0.29, 0.717) is 11.9 Å². The standard InChI is InChI=1S/C12H14BrFO2/c1-3-16-12(15)6-11-8(2)4-10(14)5-9(11)7-13/h4-5H,3,6-7H2,1-2H3. The number of aryl methyl sites for hydroxylation is 1. The van der Waals surface area contributed by atoms with E-state index in [1.165, 1.54) is 12.1 Å². The molecule has 0 aromatic heterocycles. The molecular formula is C12H14BrFO2. The van der Waals surface area contributed by atoms with E-state index < -0.39 is 0 Å². The van der Waals surface area contributed by atoms with E-state index in [4.69, 9.17) is 4.74 Å². The molecule has 16 heavy (non-hydrogen) atoms. The van der Waals surface area contributed by atoms with Crippen molar-refractivity contribution in [3.63, 3.8) is 0 Å². The molecule has 1 rings (SSSR count). The predicted molar refractivity (Wildman–Crippen MR) is 64.1 cm³/mol. The summed E-state index contributed by atoms with van der Waals surface area (Å²) in [5.74, 6) is -0.557.